The zero-order valence-electron chi connectivity index (χ0n) is 11.7. The summed E-state index contributed by atoms with van der Waals surface area (Å²) in [6.45, 7) is 0.660. The molecular weight excluding hydrogens is 280 g/mol. The van der Waals surface area contributed by atoms with Gasteiger partial charge in [0.15, 0.2) is 5.76 Å². The van der Waals surface area contributed by atoms with Crippen molar-refractivity contribution in [3.8, 4) is 0 Å². The fourth-order valence-electron chi connectivity index (χ4n) is 1.86. The Hall–Kier alpha value is -3.15. The standard InChI is InChI=1S/C16H14N4O2/c21-16(14-4-2-8-22-14)20-15-6-5-13(11-19-15)18-10-12-3-1-7-17-9-12/h1-9,11,18H,10H2,(H,19,20,21). The first kappa shape index (κ1) is 13.8. The SMILES string of the molecule is O=C(Nc1ccc(NCc2cccnc2)cn1)c1ccco1. The Balaban J connectivity index is 1.57. The first-order valence-corrected chi connectivity index (χ1v) is 6.75. The van der Waals surface area contributed by atoms with Crippen molar-refractivity contribution in [3.05, 3.63) is 72.6 Å². The van der Waals surface area contributed by atoms with Gasteiger partial charge < -0.3 is 15.1 Å². The van der Waals surface area contributed by atoms with Crippen molar-refractivity contribution in [2.75, 3.05) is 10.6 Å². The number of hydrogen-bond acceptors (Lipinski definition) is 5. The van der Waals surface area contributed by atoms with E-state index in [0.29, 0.717) is 12.4 Å². The fourth-order valence-corrected chi connectivity index (χ4v) is 1.86. The highest BCUT2D eigenvalue weighted by atomic mass is 16.3. The summed E-state index contributed by atoms with van der Waals surface area (Å²) in [7, 11) is 0. The molecule has 3 aromatic heterocycles. The molecule has 22 heavy (non-hydrogen) atoms. The Labute approximate surface area is 127 Å². The Bertz CT molecular complexity index is 725. The average Bonchev–Trinajstić information content (AvgIpc) is 3.10. The maximum Gasteiger partial charge on any atom is 0.292 e. The second-order valence-electron chi connectivity index (χ2n) is 4.58. The van der Waals surface area contributed by atoms with Crippen LogP contribution in [0.15, 0.2) is 65.7 Å². The lowest BCUT2D eigenvalue weighted by atomic mass is 10.3. The van der Waals surface area contributed by atoms with Crippen LogP contribution < -0.4 is 10.6 Å². The summed E-state index contributed by atoms with van der Waals surface area (Å²) in [5, 5.41) is 5.90. The summed E-state index contributed by atoms with van der Waals surface area (Å²) < 4.78 is 5.02. The summed E-state index contributed by atoms with van der Waals surface area (Å²) >= 11 is 0. The largest absolute Gasteiger partial charge is 0.459 e. The van der Waals surface area contributed by atoms with Gasteiger partial charge in [0.05, 0.1) is 18.1 Å². The van der Waals surface area contributed by atoms with Gasteiger partial charge in [0.2, 0.25) is 0 Å². The van der Waals surface area contributed by atoms with Crippen LogP contribution in [0.5, 0.6) is 0 Å². The van der Waals surface area contributed by atoms with Crippen molar-refractivity contribution in [3.63, 3.8) is 0 Å². The van der Waals surface area contributed by atoms with Gasteiger partial charge >= 0.3 is 0 Å². The van der Waals surface area contributed by atoms with Crippen LogP contribution in [0.3, 0.4) is 0 Å². The number of furan rings is 1. The van der Waals surface area contributed by atoms with E-state index in [4.69, 9.17) is 4.42 Å². The van der Waals surface area contributed by atoms with Gasteiger partial charge in [-0.05, 0) is 35.9 Å². The number of carbonyl (C=O) groups excluding carboxylic acids is 1. The van der Waals surface area contributed by atoms with Crippen molar-refractivity contribution in [2.45, 2.75) is 6.54 Å². The van der Waals surface area contributed by atoms with Crippen LogP contribution in [0.2, 0.25) is 0 Å². The van der Waals surface area contributed by atoms with Crippen molar-refractivity contribution >= 4 is 17.4 Å². The lowest BCUT2D eigenvalue weighted by Crippen LogP contribution is -2.12. The molecular formula is C16H14N4O2. The molecule has 2 N–H and O–H groups in total. The van der Waals surface area contributed by atoms with Crippen LogP contribution in [-0.2, 0) is 6.54 Å². The molecule has 6 nitrogen and oxygen atoms in total. The van der Waals surface area contributed by atoms with Gasteiger partial charge in [0.25, 0.3) is 5.91 Å². The van der Waals surface area contributed by atoms with Gasteiger partial charge in [0.1, 0.15) is 5.82 Å². The van der Waals surface area contributed by atoms with Crippen LogP contribution in [-0.4, -0.2) is 15.9 Å². The highest BCUT2D eigenvalue weighted by molar-refractivity contribution is 6.01. The number of rotatable bonds is 5. The highest BCUT2D eigenvalue weighted by Crippen LogP contribution is 2.12. The Morgan fingerprint density at radius 3 is 2.77 bits per heavy atom. The quantitative estimate of drug-likeness (QED) is 0.756. The van der Waals surface area contributed by atoms with Crippen LogP contribution in [0.25, 0.3) is 0 Å². The third-order valence-electron chi connectivity index (χ3n) is 2.97. The minimum atomic E-state index is -0.325. The fraction of sp³-hybridized carbons (Fsp3) is 0.0625. The second-order valence-corrected chi connectivity index (χ2v) is 4.58. The normalized spacial score (nSPS) is 10.2. The highest BCUT2D eigenvalue weighted by Gasteiger charge is 2.08. The zero-order valence-corrected chi connectivity index (χ0v) is 11.7. The summed E-state index contributed by atoms with van der Waals surface area (Å²) in [6, 6.07) is 10.7. The molecule has 0 aliphatic heterocycles. The van der Waals surface area contributed by atoms with Gasteiger partial charge in [-0.1, -0.05) is 6.07 Å². The molecule has 0 saturated carbocycles. The maximum absolute atomic E-state index is 11.8. The van der Waals surface area contributed by atoms with Crippen LogP contribution in [0.1, 0.15) is 16.1 Å². The molecule has 110 valence electrons. The molecule has 0 aliphatic rings. The number of aromatic nitrogens is 2. The van der Waals surface area contributed by atoms with Crippen molar-refractivity contribution in [1.82, 2.24) is 9.97 Å². The number of nitrogens with one attached hydrogen (secondary N) is 2. The predicted molar refractivity (Wildman–Crippen MR) is 82.5 cm³/mol. The number of nitrogens with zero attached hydrogens (tertiary/aromatic N) is 2. The van der Waals surface area contributed by atoms with Gasteiger partial charge in [0, 0.05) is 18.9 Å². The van der Waals surface area contributed by atoms with Gasteiger partial charge in [-0.2, -0.15) is 0 Å². The molecule has 6 heteroatoms. The van der Waals surface area contributed by atoms with E-state index in [1.807, 2.05) is 18.2 Å². The van der Waals surface area contributed by atoms with E-state index in [2.05, 4.69) is 20.6 Å². The van der Waals surface area contributed by atoms with Gasteiger partial charge in [-0.25, -0.2) is 4.98 Å². The van der Waals surface area contributed by atoms with Gasteiger partial charge in [-0.15, -0.1) is 0 Å². The molecule has 0 aromatic carbocycles. The number of carbonyl (C=O) groups is 1. The third kappa shape index (κ3) is 3.49. The Morgan fingerprint density at radius 2 is 2.09 bits per heavy atom. The Morgan fingerprint density at radius 1 is 1.14 bits per heavy atom. The predicted octanol–water partition coefficient (Wildman–Crippen LogP) is 2.93. The second kappa shape index (κ2) is 6.53. The first-order valence-electron chi connectivity index (χ1n) is 6.75. The van der Waals surface area contributed by atoms with E-state index in [9.17, 15) is 4.79 Å². The maximum atomic E-state index is 11.8. The third-order valence-corrected chi connectivity index (χ3v) is 2.97. The lowest BCUT2D eigenvalue weighted by Gasteiger charge is -2.07. The molecule has 0 atom stereocenters. The molecule has 3 aromatic rings. The summed E-state index contributed by atoms with van der Waals surface area (Å²) in [6.07, 6.45) is 6.65. The van der Waals surface area contributed by atoms with E-state index >= 15 is 0 Å². The molecule has 0 radical (unpaired) electrons. The molecule has 0 aliphatic carbocycles. The van der Waals surface area contributed by atoms with E-state index in [1.54, 1.807) is 36.8 Å². The molecule has 0 spiro atoms. The van der Waals surface area contributed by atoms with Crippen molar-refractivity contribution in [2.24, 2.45) is 0 Å². The van der Waals surface area contributed by atoms with Crippen molar-refractivity contribution in [1.29, 1.82) is 0 Å². The minimum absolute atomic E-state index is 0.251. The summed E-state index contributed by atoms with van der Waals surface area (Å²) in [4.78, 5) is 20.0. The molecule has 0 fully saturated rings. The monoisotopic (exact) mass is 294 g/mol. The molecule has 0 bridgehead atoms. The molecule has 3 heterocycles. The number of amides is 1. The molecule has 3 rings (SSSR count). The van der Waals surface area contributed by atoms with Crippen molar-refractivity contribution < 1.29 is 9.21 Å². The number of anilines is 2. The number of hydrogen-bond donors (Lipinski definition) is 2. The molecule has 0 unspecified atom stereocenters. The van der Waals surface area contributed by atoms with E-state index in [1.165, 1.54) is 6.26 Å². The topological polar surface area (TPSA) is 80.0 Å². The van der Waals surface area contributed by atoms with Crippen LogP contribution in [0, 0.1) is 0 Å². The number of pyridine rings is 2. The van der Waals surface area contributed by atoms with Gasteiger partial charge in [-0.3, -0.25) is 9.78 Å². The molecule has 1 amide bonds. The summed E-state index contributed by atoms with van der Waals surface area (Å²) in [5.41, 5.74) is 1.94. The zero-order chi connectivity index (χ0) is 15.2. The van der Waals surface area contributed by atoms with Crippen LogP contribution in [0.4, 0.5) is 11.5 Å². The lowest BCUT2D eigenvalue weighted by molar-refractivity contribution is 0.0996. The average molecular weight is 294 g/mol. The van der Waals surface area contributed by atoms with E-state index < -0.39 is 0 Å². The molecule has 0 saturated heterocycles. The minimum Gasteiger partial charge on any atom is -0.459 e. The Kier molecular flexibility index (Phi) is 4.10. The smallest absolute Gasteiger partial charge is 0.292 e. The van der Waals surface area contributed by atoms with E-state index in [0.717, 1.165) is 11.3 Å². The first-order chi connectivity index (χ1) is 10.8. The van der Waals surface area contributed by atoms with E-state index in [-0.39, 0.29) is 11.7 Å². The summed E-state index contributed by atoms with van der Waals surface area (Å²) in [5.74, 6) is 0.391. The van der Waals surface area contributed by atoms with Crippen LogP contribution >= 0.6 is 0 Å².